The second-order valence-electron chi connectivity index (χ2n) is 4.31. The fourth-order valence-electron chi connectivity index (χ4n) is 1.66. The number of benzene rings is 2. The van der Waals surface area contributed by atoms with Crippen molar-refractivity contribution in [1.82, 2.24) is 0 Å². The van der Waals surface area contributed by atoms with Gasteiger partial charge in [-0.15, -0.1) is 0 Å². The van der Waals surface area contributed by atoms with Crippen molar-refractivity contribution in [3.05, 3.63) is 71.3 Å². The molecule has 0 unspecified atom stereocenters. The molecule has 0 bridgehead atoms. The van der Waals surface area contributed by atoms with Gasteiger partial charge in [-0.25, -0.2) is 0 Å². The molecule has 2 nitrogen and oxygen atoms in total. The van der Waals surface area contributed by atoms with E-state index in [-0.39, 0.29) is 5.97 Å². The number of esters is 1. The van der Waals surface area contributed by atoms with E-state index in [0.29, 0.717) is 13.0 Å². The SMILES string of the molecule is Cc1ccc(COC(=O)Cc2ccccc2)cc1. The lowest BCUT2D eigenvalue weighted by atomic mass is 10.1. The van der Waals surface area contributed by atoms with Crippen molar-refractivity contribution in [3.63, 3.8) is 0 Å². The minimum atomic E-state index is -0.193. The highest BCUT2D eigenvalue weighted by molar-refractivity contribution is 5.72. The van der Waals surface area contributed by atoms with Crippen LogP contribution < -0.4 is 0 Å². The maximum Gasteiger partial charge on any atom is 0.310 e. The van der Waals surface area contributed by atoms with Crippen molar-refractivity contribution >= 4 is 5.97 Å². The molecule has 0 aromatic heterocycles. The molecule has 0 fully saturated rings. The number of carbonyl (C=O) groups is 1. The number of ether oxygens (including phenoxy) is 1. The monoisotopic (exact) mass is 240 g/mol. The van der Waals surface area contributed by atoms with Gasteiger partial charge in [0.25, 0.3) is 0 Å². The summed E-state index contributed by atoms with van der Waals surface area (Å²) in [5.41, 5.74) is 3.20. The molecule has 2 aromatic rings. The van der Waals surface area contributed by atoms with Gasteiger partial charge in [-0.05, 0) is 18.1 Å². The molecule has 0 radical (unpaired) electrons. The summed E-state index contributed by atoms with van der Waals surface area (Å²) in [5, 5.41) is 0. The Morgan fingerprint density at radius 1 is 0.944 bits per heavy atom. The Morgan fingerprint density at radius 2 is 1.61 bits per heavy atom. The van der Waals surface area contributed by atoms with Crippen molar-refractivity contribution in [2.75, 3.05) is 0 Å². The molecule has 0 aliphatic heterocycles. The summed E-state index contributed by atoms with van der Waals surface area (Å²) in [6, 6.07) is 17.6. The van der Waals surface area contributed by atoms with Gasteiger partial charge in [-0.1, -0.05) is 60.2 Å². The Hall–Kier alpha value is -2.09. The van der Waals surface area contributed by atoms with Gasteiger partial charge in [0.15, 0.2) is 0 Å². The zero-order valence-corrected chi connectivity index (χ0v) is 10.4. The van der Waals surface area contributed by atoms with Gasteiger partial charge in [-0.2, -0.15) is 0 Å². The van der Waals surface area contributed by atoms with Crippen LogP contribution >= 0.6 is 0 Å². The standard InChI is InChI=1S/C16H16O2/c1-13-7-9-15(10-8-13)12-18-16(17)11-14-5-3-2-4-6-14/h2-10H,11-12H2,1H3. The summed E-state index contributed by atoms with van der Waals surface area (Å²) >= 11 is 0. The maximum absolute atomic E-state index is 11.6. The second-order valence-corrected chi connectivity index (χ2v) is 4.31. The van der Waals surface area contributed by atoms with Crippen LogP contribution in [-0.2, 0) is 22.6 Å². The van der Waals surface area contributed by atoms with Crippen LogP contribution in [-0.4, -0.2) is 5.97 Å². The zero-order valence-electron chi connectivity index (χ0n) is 10.4. The molecule has 2 aromatic carbocycles. The highest BCUT2D eigenvalue weighted by Gasteiger charge is 2.04. The number of hydrogen-bond donors (Lipinski definition) is 0. The first kappa shape index (κ1) is 12.4. The predicted octanol–water partition coefficient (Wildman–Crippen LogP) is 3.28. The Balaban J connectivity index is 1.83. The van der Waals surface area contributed by atoms with Gasteiger partial charge in [-0.3, -0.25) is 4.79 Å². The molecule has 0 aliphatic rings. The summed E-state index contributed by atoms with van der Waals surface area (Å²) in [7, 11) is 0. The molecule has 0 aliphatic carbocycles. The average molecular weight is 240 g/mol. The van der Waals surface area contributed by atoms with Crippen LogP contribution in [0.2, 0.25) is 0 Å². The van der Waals surface area contributed by atoms with Gasteiger partial charge in [0.1, 0.15) is 6.61 Å². The molecule has 2 rings (SSSR count). The van der Waals surface area contributed by atoms with E-state index < -0.39 is 0 Å². The van der Waals surface area contributed by atoms with Crippen LogP contribution in [0, 0.1) is 6.92 Å². The van der Waals surface area contributed by atoms with Crippen molar-refractivity contribution in [1.29, 1.82) is 0 Å². The summed E-state index contributed by atoms with van der Waals surface area (Å²) in [5.74, 6) is -0.193. The van der Waals surface area contributed by atoms with Gasteiger partial charge in [0.05, 0.1) is 6.42 Å². The zero-order chi connectivity index (χ0) is 12.8. The summed E-state index contributed by atoms with van der Waals surface area (Å²) < 4.78 is 5.23. The lowest BCUT2D eigenvalue weighted by Gasteiger charge is -2.05. The Bertz CT molecular complexity index is 500. The van der Waals surface area contributed by atoms with Gasteiger partial charge >= 0.3 is 5.97 Å². The lowest BCUT2D eigenvalue weighted by Crippen LogP contribution is -2.07. The van der Waals surface area contributed by atoms with Gasteiger partial charge in [0, 0.05) is 0 Å². The van der Waals surface area contributed by atoms with Crippen molar-refractivity contribution in [2.45, 2.75) is 20.0 Å². The summed E-state index contributed by atoms with van der Waals surface area (Å²) in [4.78, 5) is 11.6. The molecule has 18 heavy (non-hydrogen) atoms. The number of hydrogen-bond acceptors (Lipinski definition) is 2. The fourth-order valence-corrected chi connectivity index (χ4v) is 1.66. The van der Waals surface area contributed by atoms with Crippen LogP contribution in [0.4, 0.5) is 0 Å². The lowest BCUT2D eigenvalue weighted by molar-refractivity contribution is -0.144. The van der Waals surface area contributed by atoms with Crippen molar-refractivity contribution in [3.8, 4) is 0 Å². The van der Waals surface area contributed by atoms with Gasteiger partial charge in [0.2, 0.25) is 0 Å². The topological polar surface area (TPSA) is 26.3 Å². The third kappa shape index (κ3) is 3.74. The first-order valence-electron chi connectivity index (χ1n) is 5.99. The third-order valence-corrected chi connectivity index (χ3v) is 2.71. The Morgan fingerprint density at radius 3 is 2.28 bits per heavy atom. The van der Waals surface area contributed by atoms with E-state index >= 15 is 0 Å². The third-order valence-electron chi connectivity index (χ3n) is 2.71. The molecule has 0 N–H and O–H groups in total. The highest BCUT2D eigenvalue weighted by atomic mass is 16.5. The molecule has 0 heterocycles. The van der Waals surface area contributed by atoms with Crippen LogP contribution in [0.1, 0.15) is 16.7 Å². The molecule has 0 saturated heterocycles. The average Bonchev–Trinajstić information content (AvgIpc) is 2.39. The maximum atomic E-state index is 11.6. The van der Waals surface area contributed by atoms with E-state index in [9.17, 15) is 4.79 Å². The first-order chi connectivity index (χ1) is 8.74. The Labute approximate surface area is 107 Å². The summed E-state index contributed by atoms with van der Waals surface area (Å²) in [6.45, 7) is 2.37. The second kappa shape index (κ2) is 6.01. The van der Waals surface area contributed by atoms with E-state index in [1.54, 1.807) is 0 Å². The number of carbonyl (C=O) groups excluding carboxylic acids is 1. The quantitative estimate of drug-likeness (QED) is 0.767. The minimum Gasteiger partial charge on any atom is -0.461 e. The number of aryl methyl sites for hydroxylation is 1. The molecular weight excluding hydrogens is 224 g/mol. The Kier molecular flexibility index (Phi) is 4.13. The van der Waals surface area contributed by atoms with E-state index in [0.717, 1.165) is 11.1 Å². The minimum absolute atomic E-state index is 0.193. The molecule has 0 amide bonds. The smallest absolute Gasteiger partial charge is 0.310 e. The normalized spacial score (nSPS) is 10.1. The van der Waals surface area contributed by atoms with Crippen molar-refractivity contribution < 1.29 is 9.53 Å². The van der Waals surface area contributed by atoms with Crippen LogP contribution in [0.5, 0.6) is 0 Å². The van der Waals surface area contributed by atoms with Crippen molar-refractivity contribution in [2.24, 2.45) is 0 Å². The van der Waals surface area contributed by atoms with Crippen LogP contribution in [0.25, 0.3) is 0 Å². The van der Waals surface area contributed by atoms with E-state index in [1.807, 2.05) is 61.5 Å². The fraction of sp³-hybridized carbons (Fsp3) is 0.188. The first-order valence-corrected chi connectivity index (χ1v) is 5.99. The number of rotatable bonds is 4. The summed E-state index contributed by atoms with van der Waals surface area (Å²) in [6.07, 6.45) is 0.326. The molecule has 2 heteroatoms. The largest absolute Gasteiger partial charge is 0.461 e. The van der Waals surface area contributed by atoms with E-state index in [1.165, 1.54) is 5.56 Å². The van der Waals surface area contributed by atoms with E-state index in [4.69, 9.17) is 4.74 Å². The van der Waals surface area contributed by atoms with Gasteiger partial charge < -0.3 is 4.74 Å². The molecule has 0 spiro atoms. The molecular formula is C16H16O2. The predicted molar refractivity (Wildman–Crippen MR) is 71.1 cm³/mol. The van der Waals surface area contributed by atoms with E-state index in [2.05, 4.69) is 0 Å². The van der Waals surface area contributed by atoms with Crippen LogP contribution in [0.3, 0.4) is 0 Å². The molecule has 0 atom stereocenters. The molecule has 0 saturated carbocycles. The molecule has 92 valence electrons. The highest BCUT2D eigenvalue weighted by Crippen LogP contribution is 2.06. The van der Waals surface area contributed by atoms with Crippen LogP contribution in [0.15, 0.2) is 54.6 Å².